The third-order valence-corrected chi connectivity index (χ3v) is 13.6. The van der Waals surface area contributed by atoms with Crippen LogP contribution in [0.15, 0.2) is 0 Å². The number of nitrogens with one attached hydrogen (secondary N) is 1. The molecule has 0 aromatic heterocycles. The zero-order chi connectivity index (χ0) is 36.5. The lowest BCUT2D eigenvalue weighted by molar-refractivity contribution is -0.149. The molecule has 51 heavy (non-hydrogen) atoms. The highest BCUT2D eigenvalue weighted by Crippen LogP contribution is 2.29. The molecule has 2 fully saturated rings. The van der Waals surface area contributed by atoms with Gasteiger partial charge < -0.3 is 14.8 Å². The van der Waals surface area contributed by atoms with Crippen LogP contribution in [0.3, 0.4) is 0 Å². The summed E-state index contributed by atoms with van der Waals surface area (Å²) in [6.07, 6.45) is 36.3. The zero-order valence-electron chi connectivity index (χ0n) is 33.7. The predicted octanol–water partition coefficient (Wildman–Crippen LogP) is 12.9. The van der Waals surface area contributed by atoms with E-state index in [1.165, 1.54) is 166 Å². The first-order chi connectivity index (χ1) is 25.1. The molecule has 0 radical (unpaired) electrons. The van der Waals surface area contributed by atoms with E-state index in [2.05, 4.69) is 19.2 Å². The van der Waals surface area contributed by atoms with Crippen LogP contribution in [0, 0.1) is 11.8 Å². The van der Waals surface area contributed by atoms with Crippen LogP contribution in [0.1, 0.15) is 206 Å². The van der Waals surface area contributed by atoms with Crippen molar-refractivity contribution in [3.8, 4) is 0 Å². The Labute approximate surface area is 325 Å². The van der Waals surface area contributed by atoms with Crippen LogP contribution in [-0.4, -0.2) is 60.2 Å². The first-order valence-electron chi connectivity index (χ1n) is 22.4. The van der Waals surface area contributed by atoms with Crippen molar-refractivity contribution in [1.82, 2.24) is 5.32 Å². The van der Waals surface area contributed by atoms with Gasteiger partial charge in [-0.25, -0.2) is 0 Å². The lowest BCUT2D eigenvalue weighted by Crippen LogP contribution is -2.22. The normalized spacial score (nSPS) is 17.0. The fraction of sp³-hybridized carbons (Fsp3) is 0.955. The van der Waals surface area contributed by atoms with Crippen LogP contribution in [0.5, 0.6) is 0 Å². The molecule has 2 rings (SSSR count). The number of hydrogen-bond donors (Lipinski definition) is 1. The number of hydrogen-bond acceptors (Lipinski definition) is 7. The maximum absolute atomic E-state index is 12.6. The molecule has 7 heteroatoms. The van der Waals surface area contributed by atoms with E-state index in [1.807, 2.05) is 23.5 Å². The van der Waals surface area contributed by atoms with Crippen LogP contribution in [0.2, 0.25) is 0 Å². The highest BCUT2D eigenvalue weighted by atomic mass is 32.2. The SMILES string of the molecule is CCCCCCC(CSCCCCCNCCCCCSCC(CCCCCC)OC(=O)CCC1CCCCC1)OC(=O)CCC1CCCCC1. The molecule has 0 aromatic rings. The monoisotopic (exact) mass is 754 g/mol. The minimum absolute atomic E-state index is 0.0472. The second-order valence-electron chi connectivity index (χ2n) is 16.0. The maximum atomic E-state index is 12.6. The Kier molecular flexibility index (Phi) is 31.3. The summed E-state index contributed by atoms with van der Waals surface area (Å²) in [5, 5.41) is 3.66. The Morgan fingerprint density at radius 2 is 0.961 bits per heavy atom. The molecular weight excluding hydrogens is 671 g/mol. The Hall–Kier alpha value is -0.400. The van der Waals surface area contributed by atoms with Crippen LogP contribution in [-0.2, 0) is 19.1 Å². The first-order valence-corrected chi connectivity index (χ1v) is 24.7. The van der Waals surface area contributed by atoms with Crippen molar-refractivity contribution in [1.29, 1.82) is 0 Å². The molecule has 5 nitrogen and oxygen atoms in total. The molecule has 0 aromatic carbocycles. The van der Waals surface area contributed by atoms with E-state index in [1.54, 1.807) is 0 Å². The molecule has 2 atom stereocenters. The third-order valence-electron chi connectivity index (χ3n) is 11.2. The van der Waals surface area contributed by atoms with Crippen LogP contribution in [0.25, 0.3) is 0 Å². The van der Waals surface area contributed by atoms with Crippen molar-refractivity contribution >= 4 is 35.5 Å². The Morgan fingerprint density at radius 3 is 1.37 bits per heavy atom. The second-order valence-corrected chi connectivity index (χ2v) is 18.3. The minimum atomic E-state index is 0.0472. The summed E-state index contributed by atoms with van der Waals surface area (Å²) < 4.78 is 12.0. The maximum Gasteiger partial charge on any atom is 0.306 e. The quantitative estimate of drug-likeness (QED) is 0.0518. The standard InChI is InChI=1S/C44H83NO4S2/c1-3-5-7-17-27-41(48-43(46)31-29-39-23-13-9-14-24-39)37-50-35-21-11-19-33-45-34-20-12-22-36-51-38-42(28-18-8-6-4-2)49-44(47)32-30-40-25-15-10-16-26-40/h39-42,45H,3-38H2,1-2H3. The third kappa shape index (κ3) is 27.8. The number of ether oxygens (including phenoxy) is 2. The molecule has 2 aliphatic rings. The fourth-order valence-electron chi connectivity index (χ4n) is 7.85. The van der Waals surface area contributed by atoms with Crippen molar-refractivity contribution in [2.75, 3.05) is 36.1 Å². The Morgan fingerprint density at radius 1 is 0.549 bits per heavy atom. The first kappa shape index (κ1) is 46.8. The van der Waals surface area contributed by atoms with Gasteiger partial charge in [-0.3, -0.25) is 9.59 Å². The smallest absolute Gasteiger partial charge is 0.306 e. The van der Waals surface area contributed by atoms with Gasteiger partial charge in [-0.15, -0.1) is 0 Å². The molecule has 2 unspecified atom stereocenters. The number of esters is 2. The average Bonchev–Trinajstić information content (AvgIpc) is 3.15. The lowest BCUT2D eigenvalue weighted by Gasteiger charge is -2.22. The van der Waals surface area contributed by atoms with Gasteiger partial charge in [0.15, 0.2) is 0 Å². The molecule has 0 amide bonds. The number of carbonyl (C=O) groups excluding carboxylic acids is 2. The summed E-state index contributed by atoms with van der Waals surface area (Å²) in [5.41, 5.74) is 0. The summed E-state index contributed by atoms with van der Waals surface area (Å²) >= 11 is 3.98. The second kappa shape index (κ2) is 34.1. The van der Waals surface area contributed by atoms with Crippen LogP contribution in [0.4, 0.5) is 0 Å². The van der Waals surface area contributed by atoms with Gasteiger partial charge >= 0.3 is 11.9 Å². The average molecular weight is 754 g/mol. The predicted molar refractivity (Wildman–Crippen MR) is 224 cm³/mol. The molecule has 0 bridgehead atoms. The van der Waals surface area contributed by atoms with Gasteiger partial charge in [-0.2, -0.15) is 23.5 Å². The summed E-state index contributed by atoms with van der Waals surface area (Å²) in [6, 6.07) is 0. The topological polar surface area (TPSA) is 64.6 Å². The van der Waals surface area contributed by atoms with E-state index in [0.717, 1.165) is 62.1 Å². The molecule has 0 spiro atoms. The largest absolute Gasteiger partial charge is 0.461 e. The number of carbonyl (C=O) groups is 2. The van der Waals surface area contributed by atoms with Crippen LogP contribution < -0.4 is 5.32 Å². The molecule has 2 saturated carbocycles. The molecule has 0 saturated heterocycles. The summed E-state index contributed by atoms with van der Waals surface area (Å²) in [5.74, 6) is 5.85. The van der Waals surface area contributed by atoms with Crippen molar-refractivity contribution < 1.29 is 19.1 Å². The highest BCUT2D eigenvalue weighted by molar-refractivity contribution is 7.99. The zero-order valence-corrected chi connectivity index (χ0v) is 35.3. The van der Waals surface area contributed by atoms with Gasteiger partial charge in [0.1, 0.15) is 12.2 Å². The van der Waals surface area contributed by atoms with E-state index in [-0.39, 0.29) is 24.1 Å². The van der Waals surface area contributed by atoms with Crippen molar-refractivity contribution in [2.24, 2.45) is 11.8 Å². The van der Waals surface area contributed by atoms with Crippen molar-refractivity contribution in [3.05, 3.63) is 0 Å². The molecule has 0 aliphatic heterocycles. The van der Waals surface area contributed by atoms with E-state index in [0.29, 0.717) is 12.8 Å². The van der Waals surface area contributed by atoms with Gasteiger partial charge in [0.25, 0.3) is 0 Å². The minimum Gasteiger partial charge on any atom is -0.461 e. The van der Waals surface area contributed by atoms with E-state index < -0.39 is 0 Å². The molecule has 1 N–H and O–H groups in total. The van der Waals surface area contributed by atoms with Gasteiger partial charge in [0.05, 0.1) is 0 Å². The summed E-state index contributed by atoms with van der Waals surface area (Å²) in [4.78, 5) is 25.3. The number of thioether (sulfide) groups is 2. The summed E-state index contributed by atoms with van der Waals surface area (Å²) in [7, 11) is 0. The van der Waals surface area contributed by atoms with Crippen molar-refractivity contribution in [2.45, 2.75) is 219 Å². The Balaban J connectivity index is 1.45. The van der Waals surface area contributed by atoms with Crippen molar-refractivity contribution in [3.63, 3.8) is 0 Å². The summed E-state index contributed by atoms with van der Waals surface area (Å²) in [6.45, 7) is 6.74. The van der Waals surface area contributed by atoms with E-state index in [4.69, 9.17) is 9.47 Å². The number of unbranched alkanes of at least 4 members (excludes halogenated alkanes) is 10. The number of rotatable bonds is 34. The highest BCUT2D eigenvalue weighted by Gasteiger charge is 2.20. The van der Waals surface area contributed by atoms with E-state index >= 15 is 0 Å². The van der Waals surface area contributed by atoms with Gasteiger partial charge in [0.2, 0.25) is 0 Å². The molecular formula is C44H83NO4S2. The lowest BCUT2D eigenvalue weighted by atomic mass is 9.86. The van der Waals surface area contributed by atoms with Crippen LogP contribution >= 0.6 is 23.5 Å². The fourth-order valence-corrected chi connectivity index (χ4v) is 10.00. The molecule has 300 valence electrons. The molecule has 0 heterocycles. The van der Waals surface area contributed by atoms with Gasteiger partial charge in [0, 0.05) is 24.3 Å². The Bertz CT molecular complexity index is 738. The van der Waals surface area contributed by atoms with Gasteiger partial charge in [-0.05, 0) is 101 Å². The molecule has 2 aliphatic carbocycles. The van der Waals surface area contributed by atoms with Gasteiger partial charge in [-0.1, -0.05) is 129 Å². The van der Waals surface area contributed by atoms with E-state index in [9.17, 15) is 9.59 Å².